The first-order valence-corrected chi connectivity index (χ1v) is 12.8. The number of phosphoric acid groups is 3. The van der Waals surface area contributed by atoms with E-state index in [0.29, 0.717) is 0 Å². The molecule has 2 aromatic heterocycles. The minimum Gasteiger partial charge on any atom is -0.394 e. The number of nitrogens with two attached hydrogens (primary N) is 1. The standard InChI is InChI=1S/C11H17N4O14P3/c12-6-1-4-7(10(18)14-6)13-3-15(4)11-8(17)9(5(2-16)26-11)27-31(22,23)29-32(24,25)28-30(19,20)21/h1,3,5,8-9,11,16-17H,2H2,(H,22,23)(H,24,25)(H3,12,14,18)(H2,19,20,21)/t5-,8-,9-,11-/m1/s1. The molecule has 0 amide bonds. The van der Waals surface area contributed by atoms with Crippen LogP contribution < -0.4 is 11.3 Å². The predicted octanol–water partition coefficient (Wildman–Crippen LogP) is -1.73. The van der Waals surface area contributed by atoms with E-state index in [9.17, 15) is 38.5 Å². The molecule has 0 radical (unpaired) electrons. The van der Waals surface area contributed by atoms with Gasteiger partial charge in [0, 0.05) is 6.07 Å². The van der Waals surface area contributed by atoms with Gasteiger partial charge >= 0.3 is 23.5 Å². The first-order chi connectivity index (χ1) is 14.6. The Morgan fingerprint density at radius 1 is 1.19 bits per heavy atom. The van der Waals surface area contributed by atoms with Crippen molar-refractivity contribution in [2.75, 3.05) is 12.3 Å². The summed E-state index contributed by atoms with van der Waals surface area (Å²) in [6, 6.07) is 1.28. The van der Waals surface area contributed by atoms with Crippen molar-refractivity contribution in [1.29, 1.82) is 0 Å². The van der Waals surface area contributed by atoms with Gasteiger partial charge in [-0.3, -0.25) is 9.32 Å². The molecule has 9 N–H and O–H groups in total. The molecule has 0 saturated carbocycles. The summed E-state index contributed by atoms with van der Waals surface area (Å²) >= 11 is 0. The summed E-state index contributed by atoms with van der Waals surface area (Å²) in [6.45, 7) is -0.886. The van der Waals surface area contributed by atoms with Crippen LogP contribution in [-0.2, 0) is 31.6 Å². The number of H-pyrrole nitrogens is 1. The number of imidazole rings is 1. The monoisotopic (exact) mass is 522 g/mol. The van der Waals surface area contributed by atoms with E-state index in [1.54, 1.807) is 0 Å². The van der Waals surface area contributed by atoms with Crippen LogP contribution in [0.3, 0.4) is 0 Å². The molecular weight excluding hydrogens is 505 g/mol. The number of nitrogens with zero attached hydrogens (tertiary/aromatic N) is 2. The highest BCUT2D eigenvalue weighted by Gasteiger charge is 2.51. The fourth-order valence-corrected chi connectivity index (χ4v) is 6.17. The zero-order chi connectivity index (χ0) is 24.1. The molecule has 21 heteroatoms. The van der Waals surface area contributed by atoms with Gasteiger partial charge in [-0.25, -0.2) is 18.7 Å². The van der Waals surface area contributed by atoms with Crippen molar-refractivity contribution < 1.29 is 61.4 Å². The Morgan fingerprint density at radius 2 is 1.84 bits per heavy atom. The van der Waals surface area contributed by atoms with Gasteiger partial charge in [-0.2, -0.15) is 8.62 Å². The van der Waals surface area contributed by atoms with Crippen LogP contribution in [0.4, 0.5) is 5.82 Å². The van der Waals surface area contributed by atoms with Crippen molar-refractivity contribution in [2.24, 2.45) is 0 Å². The molecule has 0 bridgehead atoms. The molecule has 32 heavy (non-hydrogen) atoms. The summed E-state index contributed by atoms with van der Waals surface area (Å²) in [5, 5.41) is 20.1. The summed E-state index contributed by atoms with van der Waals surface area (Å²) in [6.07, 6.45) is -5.59. The Labute approximate surface area is 176 Å². The van der Waals surface area contributed by atoms with Gasteiger partial charge in [0.05, 0.1) is 18.5 Å². The van der Waals surface area contributed by atoms with E-state index in [-0.39, 0.29) is 16.9 Å². The normalized spacial score (nSPS) is 27.9. The lowest BCUT2D eigenvalue weighted by atomic mass is 10.1. The van der Waals surface area contributed by atoms with E-state index in [4.69, 9.17) is 20.3 Å². The third kappa shape index (κ3) is 5.52. The van der Waals surface area contributed by atoms with Crippen LogP contribution in [-0.4, -0.2) is 69.2 Å². The van der Waals surface area contributed by atoms with E-state index in [1.165, 1.54) is 6.07 Å². The van der Waals surface area contributed by atoms with Gasteiger partial charge in [-0.15, -0.1) is 0 Å². The molecule has 0 spiro atoms. The molecule has 1 fully saturated rings. The number of hydrogen-bond donors (Lipinski definition) is 8. The van der Waals surface area contributed by atoms with Crippen LogP contribution in [0.5, 0.6) is 0 Å². The number of aromatic nitrogens is 3. The van der Waals surface area contributed by atoms with E-state index in [1.807, 2.05) is 0 Å². The van der Waals surface area contributed by atoms with Gasteiger partial charge in [-0.1, -0.05) is 0 Å². The zero-order valence-corrected chi connectivity index (χ0v) is 18.1. The molecule has 3 heterocycles. The Bertz CT molecular complexity index is 1210. The SMILES string of the molecule is Nc1cc2c(ncn2[C@@H]2O[C@H](CO)[C@@H](OP(=O)(O)OP(=O)(O)OP(=O)(O)O)[C@H]2O)c(=O)[nH]1. The molecule has 1 saturated heterocycles. The lowest BCUT2D eigenvalue weighted by Gasteiger charge is -2.23. The lowest BCUT2D eigenvalue weighted by molar-refractivity contribution is -0.0507. The van der Waals surface area contributed by atoms with Crippen LogP contribution in [0.2, 0.25) is 0 Å². The van der Waals surface area contributed by atoms with Crippen molar-refractivity contribution in [2.45, 2.75) is 24.5 Å². The Hall–Kier alpha value is -1.49. The van der Waals surface area contributed by atoms with E-state index in [2.05, 4.69) is 23.1 Å². The molecule has 2 aromatic rings. The maximum absolute atomic E-state index is 12.1. The number of aromatic amines is 1. The number of anilines is 1. The fourth-order valence-electron chi connectivity index (χ4n) is 2.94. The Morgan fingerprint density at radius 3 is 2.44 bits per heavy atom. The maximum Gasteiger partial charge on any atom is 0.490 e. The van der Waals surface area contributed by atoms with Gasteiger partial charge < -0.3 is 49.8 Å². The van der Waals surface area contributed by atoms with Crippen LogP contribution >= 0.6 is 23.5 Å². The number of pyridine rings is 1. The van der Waals surface area contributed by atoms with E-state index in [0.717, 1.165) is 10.9 Å². The van der Waals surface area contributed by atoms with Gasteiger partial charge in [0.1, 0.15) is 24.1 Å². The molecule has 2 unspecified atom stereocenters. The fraction of sp³-hybridized carbons (Fsp3) is 0.455. The first kappa shape index (κ1) is 25.1. The van der Waals surface area contributed by atoms with Gasteiger partial charge in [0.2, 0.25) is 0 Å². The average molecular weight is 522 g/mol. The van der Waals surface area contributed by atoms with Crippen molar-refractivity contribution in [3.63, 3.8) is 0 Å². The van der Waals surface area contributed by atoms with Crippen molar-refractivity contribution in [1.82, 2.24) is 14.5 Å². The summed E-state index contributed by atoms with van der Waals surface area (Å²) in [5.41, 5.74) is 4.92. The minimum absolute atomic E-state index is 0.0553. The smallest absolute Gasteiger partial charge is 0.394 e. The molecule has 3 rings (SSSR count). The lowest BCUT2D eigenvalue weighted by Crippen LogP contribution is -2.35. The van der Waals surface area contributed by atoms with Gasteiger partial charge in [0.15, 0.2) is 11.7 Å². The molecule has 6 atom stereocenters. The van der Waals surface area contributed by atoms with E-state index >= 15 is 0 Å². The predicted molar refractivity (Wildman–Crippen MR) is 101 cm³/mol. The van der Waals surface area contributed by atoms with Crippen LogP contribution in [0.1, 0.15) is 6.23 Å². The molecule has 18 nitrogen and oxygen atoms in total. The van der Waals surface area contributed by atoms with Crippen LogP contribution in [0.15, 0.2) is 17.2 Å². The highest BCUT2D eigenvalue weighted by atomic mass is 31.3. The third-order valence-corrected chi connectivity index (χ3v) is 7.87. The van der Waals surface area contributed by atoms with Crippen molar-refractivity contribution in [3.05, 3.63) is 22.7 Å². The number of ether oxygens (including phenoxy) is 1. The topological polar surface area (TPSA) is 286 Å². The second kappa shape index (κ2) is 8.70. The number of phosphoric ester groups is 1. The first-order valence-electron chi connectivity index (χ1n) is 8.24. The molecule has 180 valence electrons. The summed E-state index contributed by atoms with van der Waals surface area (Å²) in [5.74, 6) is -0.0553. The number of hydrogen-bond acceptors (Lipinski definition) is 12. The number of aliphatic hydroxyl groups excluding tert-OH is 2. The molecule has 1 aliphatic rings. The third-order valence-electron chi connectivity index (χ3n) is 4.03. The highest BCUT2D eigenvalue weighted by Crippen LogP contribution is 2.67. The largest absolute Gasteiger partial charge is 0.490 e. The van der Waals surface area contributed by atoms with Crippen molar-refractivity contribution >= 4 is 40.3 Å². The molecule has 1 aliphatic heterocycles. The summed E-state index contributed by atoms with van der Waals surface area (Å²) in [7, 11) is -17.0. The maximum atomic E-state index is 12.1. The highest BCUT2D eigenvalue weighted by molar-refractivity contribution is 7.66. The van der Waals surface area contributed by atoms with Gasteiger partial charge in [0.25, 0.3) is 5.56 Å². The average Bonchev–Trinajstić information content (AvgIpc) is 3.13. The molecule has 0 aromatic carbocycles. The second-order valence-electron chi connectivity index (χ2n) is 6.34. The number of nitrogen functional groups attached to an aromatic ring is 1. The Balaban J connectivity index is 1.86. The second-order valence-corrected chi connectivity index (χ2v) is 10.7. The van der Waals surface area contributed by atoms with Crippen LogP contribution in [0.25, 0.3) is 11.0 Å². The Kier molecular flexibility index (Phi) is 6.83. The quantitative estimate of drug-likeness (QED) is 0.179. The minimum atomic E-state index is -5.80. The number of aliphatic hydroxyl groups is 2. The van der Waals surface area contributed by atoms with Gasteiger partial charge in [-0.05, 0) is 0 Å². The molecular formula is C11H17N4O14P3. The number of nitrogens with one attached hydrogen (secondary N) is 1. The zero-order valence-electron chi connectivity index (χ0n) is 15.4. The number of rotatable bonds is 8. The van der Waals surface area contributed by atoms with Crippen LogP contribution in [0, 0.1) is 0 Å². The molecule has 0 aliphatic carbocycles. The summed E-state index contributed by atoms with van der Waals surface area (Å²) in [4.78, 5) is 54.1. The number of fused-ring (bicyclic) bond motifs is 1. The summed E-state index contributed by atoms with van der Waals surface area (Å²) < 4.78 is 52.6. The van der Waals surface area contributed by atoms with Crippen molar-refractivity contribution in [3.8, 4) is 0 Å². The van der Waals surface area contributed by atoms with E-state index < -0.39 is 60.2 Å².